The van der Waals surface area contributed by atoms with Crippen molar-refractivity contribution in [3.8, 4) is 0 Å². The molecule has 1 aliphatic heterocycles. The smallest absolute Gasteiger partial charge is 0.000849 e. The molecular formula is C8H15N. The minimum absolute atomic E-state index is 0.777. The number of hydrogen-bond acceptors (Lipinski definition) is 1. The van der Waals surface area contributed by atoms with Crippen LogP contribution in [0.4, 0.5) is 0 Å². The Kier molecular flexibility index (Phi) is 1.10. The Balaban J connectivity index is 1.95. The molecule has 1 N–H and O–H groups in total. The maximum Gasteiger partial charge on any atom is 0.000849 e. The maximum atomic E-state index is 3.44. The van der Waals surface area contributed by atoms with Gasteiger partial charge in [-0.05, 0) is 37.1 Å². The molecular weight excluding hydrogens is 110 g/mol. The summed E-state index contributed by atoms with van der Waals surface area (Å²) in [6.45, 7) is 4.94. The van der Waals surface area contributed by atoms with E-state index in [9.17, 15) is 0 Å². The number of hydrogen-bond donors (Lipinski definition) is 1. The third-order valence-electron chi connectivity index (χ3n) is 2.90. The molecule has 1 nitrogen and oxygen atoms in total. The first kappa shape index (κ1) is 5.72. The molecule has 1 saturated carbocycles. The fourth-order valence-corrected chi connectivity index (χ4v) is 2.56. The predicted octanol–water partition coefficient (Wildman–Crippen LogP) is 1.40. The fraction of sp³-hybridized carbons (Fsp3) is 1.00. The minimum atomic E-state index is 0.777. The Morgan fingerprint density at radius 1 is 1.44 bits per heavy atom. The van der Waals surface area contributed by atoms with Crippen LogP contribution in [-0.4, -0.2) is 13.1 Å². The van der Waals surface area contributed by atoms with Crippen molar-refractivity contribution in [2.45, 2.75) is 26.2 Å². The van der Waals surface area contributed by atoms with E-state index in [2.05, 4.69) is 12.2 Å². The van der Waals surface area contributed by atoms with E-state index in [-0.39, 0.29) is 0 Å². The van der Waals surface area contributed by atoms with E-state index in [1.54, 1.807) is 0 Å². The molecule has 0 aromatic carbocycles. The van der Waals surface area contributed by atoms with Gasteiger partial charge in [-0.15, -0.1) is 0 Å². The average molecular weight is 125 g/mol. The fourth-order valence-electron chi connectivity index (χ4n) is 2.56. The Morgan fingerprint density at radius 3 is 2.67 bits per heavy atom. The lowest BCUT2D eigenvalue weighted by molar-refractivity contribution is 0.0897. The minimum Gasteiger partial charge on any atom is -0.316 e. The SMILES string of the molecule is CC1CC2(CCNC2)C1. The molecule has 0 aromatic heterocycles. The average Bonchev–Trinajstić information content (AvgIpc) is 2.12. The van der Waals surface area contributed by atoms with Gasteiger partial charge in [0.25, 0.3) is 0 Å². The van der Waals surface area contributed by atoms with Crippen molar-refractivity contribution in [3.63, 3.8) is 0 Å². The van der Waals surface area contributed by atoms with E-state index in [0.29, 0.717) is 0 Å². The lowest BCUT2D eigenvalue weighted by Gasteiger charge is -2.43. The molecule has 0 aromatic rings. The predicted molar refractivity (Wildman–Crippen MR) is 38.3 cm³/mol. The topological polar surface area (TPSA) is 12.0 Å². The zero-order valence-corrected chi connectivity index (χ0v) is 6.11. The van der Waals surface area contributed by atoms with Gasteiger partial charge in [0.05, 0.1) is 0 Å². The highest BCUT2D eigenvalue weighted by molar-refractivity contribution is 4.97. The van der Waals surface area contributed by atoms with Gasteiger partial charge < -0.3 is 5.32 Å². The molecule has 1 heteroatoms. The van der Waals surface area contributed by atoms with Gasteiger partial charge in [-0.25, -0.2) is 0 Å². The molecule has 0 unspecified atom stereocenters. The summed E-state index contributed by atoms with van der Waals surface area (Å²) in [6, 6.07) is 0. The second-order valence-electron chi connectivity index (χ2n) is 3.94. The number of rotatable bonds is 0. The second-order valence-corrected chi connectivity index (χ2v) is 3.94. The third kappa shape index (κ3) is 0.787. The third-order valence-corrected chi connectivity index (χ3v) is 2.90. The molecule has 0 amide bonds. The Hall–Kier alpha value is -0.0400. The standard InChI is InChI=1S/C8H15N/c1-7-4-8(5-7)2-3-9-6-8/h7,9H,2-6H2,1H3. The van der Waals surface area contributed by atoms with Crippen molar-refractivity contribution in [1.29, 1.82) is 0 Å². The molecule has 1 saturated heterocycles. The highest BCUT2D eigenvalue weighted by atomic mass is 14.9. The van der Waals surface area contributed by atoms with E-state index in [1.807, 2.05) is 0 Å². The van der Waals surface area contributed by atoms with E-state index in [1.165, 1.54) is 32.4 Å². The van der Waals surface area contributed by atoms with Crippen LogP contribution in [0.1, 0.15) is 26.2 Å². The van der Waals surface area contributed by atoms with E-state index >= 15 is 0 Å². The van der Waals surface area contributed by atoms with Gasteiger partial charge in [0.1, 0.15) is 0 Å². The Labute approximate surface area is 56.8 Å². The molecule has 0 atom stereocenters. The van der Waals surface area contributed by atoms with Crippen LogP contribution in [0, 0.1) is 11.3 Å². The largest absolute Gasteiger partial charge is 0.316 e. The lowest BCUT2D eigenvalue weighted by Crippen LogP contribution is -2.37. The molecule has 1 spiro atoms. The lowest BCUT2D eigenvalue weighted by atomic mass is 9.62. The first-order valence-electron chi connectivity index (χ1n) is 4.02. The first-order chi connectivity index (χ1) is 4.31. The summed E-state index contributed by atoms with van der Waals surface area (Å²) in [6.07, 6.45) is 4.41. The Morgan fingerprint density at radius 2 is 2.22 bits per heavy atom. The van der Waals surface area contributed by atoms with E-state index < -0.39 is 0 Å². The first-order valence-corrected chi connectivity index (χ1v) is 4.02. The quantitative estimate of drug-likeness (QED) is 0.516. The Bertz CT molecular complexity index is 106. The van der Waals surface area contributed by atoms with Crippen molar-refractivity contribution >= 4 is 0 Å². The summed E-state index contributed by atoms with van der Waals surface area (Å²) >= 11 is 0. The van der Waals surface area contributed by atoms with Crippen molar-refractivity contribution in [2.24, 2.45) is 11.3 Å². The summed E-state index contributed by atoms with van der Waals surface area (Å²) in [5.41, 5.74) is 0.777. The molecule has 1 aliphatic carbocycles. The van der Waals surface area contributed by atoms with Crippen LogP contribution in [0.5, 0.6) is 0 Å². The highest BCUT2D eigenvalue weighted by Gasteiger charge is 2.43. The van der Waals surface area contributed by atoms with Crippen molar-refractivity contribution in [3.05, 3.63) is 0 Å². The molecule has 0 radical (unpaired) electrons. The summed E-state index contributed by atoms with van der Waals surface area (Å²) in [5, 5.41) is 3.44. The molecule has 9 heavy (non-hydrogen) atoms. The van der Waals surface area contributed by atoms with E-state index in [4.69, 9.17) is 0 Å². The molecule has 52 valence electrons. The summed E-state index contributed by atoms with van der Waals surface area (Å²) in [7, 11) is 0. The second kappa shape index (κ2) is 1.72. The number of nitrogens with one attached hydrogen (secondary N) is 1. The van der Waals surface area contributed by atoms with Gasteiger partial charge in [0.2, 0.25) is 0 Å². The van der Waals surface area contributed by atoms with Gasteiger partial charge in [-0.3, -0.25) is 0 Å². The summed E-state index contributed by atoms with van der Waals surface area (Å²) in [5.74, 6) is 1.02. The maximum absolute atomic E-state index is 3.44. The van der Waals surface area contributed by atoms with Crippen molar-refractivity contribution in [2.75, 3.05) is 13.1 Å². The van der Waals surface area contributed by atoms with Gasteiger partial charge in [-0.2, -0.15) is 0 Å². The van der Waals surface area contributed by atoms with E-state index in [0.717, 1.165) is 11.3 Å². The molecule has 0 bridgehead atoms. The van der Waals surface area contributed by atoms with Crippen molar-refractivity contribution in [1.82, 2.24) is 5.32 Å². The van der Waals surface area contributed by atoms with Gasteiger partial charge in [0, 0.05) is 6.54 Å². The van der Waals surface area contributed by atoms with Crippen LogP contribution in [0.25, 0.3) is 0 Å². The monoisotopic (exact) mass is 125 g/mol. The molecule has 1 heterocycles. The summed E-state index contributed by atoms with van der Waals surface area (Å²) in [4.78, 5) is 0. The van der Waals surface area contributed by atoms with Crippen LogP contribution < -0.4 is 5.32 Å². The molecule has 2 aliphatic rings. The van der Waals surface area contributed by atoms with Gasteiger partial charge in [-0.1, -0.05) is 6.92 Å². The van der Waals surface area contributed by atoms with Gasteiger partial charge in [0.15, 0.2) is 0 Å². The van der Waals surface area contributed by atoms with Crippen LogP contribution >= 0.6 is 0 Å². The summed E-state index contributed by atoms with van der Waals surface area (Å²) < 4.78 is 0. The van der Waals surface area contributed by atoms with Crippen molar-refractivity contribution < 1.29 is 0 Å². The zero-order valence-electron chi connectivity index (χ0n) is 6.11. The van der Waals surface area contributed by atoms with Gasteiger partial charge >= 0.3 is 0 Å². The molecule has 2 fully saturated rings. The van der Waals surface area contributed by atoms with Crippen LogP contribution in [0.15, 0.2) is 0 Å². The van der Waals surface area contributed by atoms with Crippen LogP contribution in [-0.2, 0) is 0 Å². The zero-order chi connectivity index (χ0) is 6.32. The highest BCUT2D eigenvalue weighted by Crippen LogP contribution is 2.49. The normalized spacial score (nSPS) is 49.7. The molecule has 2 rings (SSSR count). The van der Waals surface area contributed by atoms with Crippen LogP contribution in [0.3, 0.4) is 0 Å². The van der Waals surface area contributed by atoms with Crippen LogP contribution in [0.2, 0.25) is 0 Å².